The van der Waals surface area contributed by atoms with E-state index in [4.69, 9.17) is 4.74 Å². The summed E-state index contributed by atoms with van der Waals surface area (Å²) in [5.74, 6) is 2.10. The molecule has 140 valence electrons. The molecule has 1 aromatic heterocycles. The number of nitrogens with zero attached hydrogens (tertiary/aromatic N) is 3. The average molecular weight is 382 g/mol. The molecule has 0 fully saturated rings. The molecular formula is C20H22N4O2S. The molecule has 1 N–H and O–H groups in total. The van der Waals surface area contributed by atoms with Gasteiger partial charge in [-0.3, -0.25) is 9.36 Å². The van der Waals surface area contributed by atoms with Gasteiger partial charge in [0, 0.05) is 24.3 Å². The summed E-state index contributed by atoms with van der Waals surface area (Å²) in [6.45, 7) is 2.05. The van der Waals surface area contributed by atoms with Crippen molar-refractivity contribution in [2.45, 2.75) is 24.9 Å². The maximum atomic E-state index is 12.3. The van der Waals surface area contributed by atoms with E-state index in [1.807, 2.05) is 59.2 Å². The molecule has 0 aliphatic heterocycles. The van der Waals surface area contributed by atoms with E-state index in [9.17, 15) is 4.79 Å². The number of carbonyl (C=O) groups is 1. The van der Waals surface area contributed by atoms with E-state index < -0.39 is 0 Å². The van der Waals surface area contributed by atoms with Crippen molar-refractivity contribution in [3.05, 3.63) is 60.4 Å². The van der Waals surface area contributed by atoms with Crippen LogP contribution in [-0.4, -0.2) is 33.5 Å². The van der Waals surface area contributed by atoms with Gasteiger partial charge >= 0.3 is 0 Å². The molecule has 6 nitrogen and oxygen atoms in total. The van der Waals surface area contributed by atoms with Crippen LogP contribution in [0.3, 0.4) is 0 Å². The first-order chi connectivity index (χ1) is 13.2. The summed E-state index contributed by atoms with van der Waals surface area (Å²) in [5.41, 5.74) is 1.70. The largest absolute Gasteiger partial charge is 0.495 e. The molecule has 1 amide bonds. The Labute approximate surface area is 163 Å². The van der Waals surface area contributed by atoms with E-state index in [1.54, 1.807) is 7.11 Å². The number of hydrogen-bond acceptors (Lipinski definition) is 5. The molecule has 0 spiro atoms. The van der Waals surface area contributed by atoms with Gasteiger partial charge in [-0.05, 0) is 24.3 Å². The summed E-state index contributed by atoms with van der Waals surface area (Å²) < 4.78 is 7.30. The molecule has 0 aliphatic rings. The molecule has 0 bridgehead atoms. The van der Waals surface area contributed by atoms with Gasteiger partial charge in [-0.15, -0.1) is 10.2 Å². The topological polar surface area (TPSA) is 69.0 Å². The van der Waals surface area contributed by atoms with Crippen LogP contribution in [0.15, 0.2) is 59.8 Å². The Hall–Kier alpha value is -2.80. The number of amides is 1. The lowest BCUT2D eigenvalue weighted by Crippen LogP contribution is -2.13. The van der Waals surface area contributed by atoms with Gasteiger partial charge < -0.3 is 10.1 Å². The van der Waals surface area contributed by atoms with Crippen LogP contribution in [-0.2, 0) is 11.2 Å². The van der Waals surface area contributed by atoms with E-state index in [0.717, 1.165) is 23.1 Å². The van der Waals surface area contributed by atoms with Crippen LogP contribution in [0.5, 0.6) is 5.75 Å². The highest BCUT2D eigenvalue weighted by molar-refractivity contribution is 7.99. The van der Waals surface area contributed by atoms with Crippen molar-refractivity contribution < 1.29 is 9.53 Å². The highest BCUT2D eigenvalue weighted by Gasteiger charge is 2.14. The van der Waals surface area contributed by atoms with Gasteiger partial charge in [0.2, 0.25) is 5.91 Å². The third kappa shape index (κ3) is 4.68. The van der Waals surface area contributed by atoms with Gasteiger partial charge in [0.05, 0.1) is 12.8 Å². The van der Waals surface area contributed by atoms with E-state index >= 15 is 0 Å². The first-order valence-electron chi connectivity index (χ1n) is 8.78. The van der Waals surface area contributed by atoms with Gasteiger partial charge in [0.15, 0.2) is 5.16 Å². The number of aromatic nitrogens is 3. The summed E-state index contributed by atoms with van der Waals surface area (Å²) in [6, 6.07) is 17.4. The summed E-state index contributed by atoms with van der Waals surface area (Å²) in [4.78, 5) is 12.3. The monoisotopic (exact) mass is 382 g/mol. The summed E-state index contributed by atoms with van der Waals surface area (Å²) in [5, 5.41) is 12.3. The lowest BCUT2D eigenvalue weighted by atomic mass is 10.3. The molecule has 0 atom stereocenters. The number of carbonyl (C=O) groups excluding carboxylic acids is 1. The van der Waals surface area contributed by atoms with Gasteiger partial charge in [-0.2, -0.15) is 0 Å². The van der Waals surface area contributed by atoms with E-state index in [-0.39, 0.29) is 5.91 Å². The molecule has 27 heavy (non-hydrogen) atoms. The Morgan fingerprint density at radius 3 is 2.59 bits per heavy atom. The highest BCUT2D eigenvalue weighted by atomic mass is 32.2. The second-order valence-electron chi connectivity index (χ2n) is 5.77. The van der Waals surface area contributed by atoms with Crippen LogP contribution < -0.4 is 10.1 Å². The number of ether oxygens (including phenoxy) is 1. The highest BCUT2D eigenvalue weighted by Crippen LogP contribution is 2.25. The van der Waals surface area contributed by atoms with Crippen molar-refractivity contribution in [1.29, 1.82) is 0 Å². The zero-order valence-electron chi connectivity index (χ0n) is 15.4. The molecule has 2 aromatic carbocycles. The Kier molecular flexibility index (Phi) is 6.49. The van der Waals surface area contributed by atoms with Gasteiger partial charge in [-0.25, -0.2) is 0 Å². The number of para-hydroxylation sites is 3. The Bertz CT molecular complexity index is 896. The predicted octanol–water partition coefficient (Wildman–Crippen LogP) is 3.96. The van der Waals surface area contributed by atoms with Crippen LogP contribution >= 0.6 is 11.8 Å². The molecule has 3 rings (SSSR count). The third-order valence-corrected chi connectivity index (χ3v) is 4.90. The van der Waals surface area contributed by atoms with Crippen molar-refractivity contribution in [1.82, 2.24) is 14.8 Å². The number of nitrogens with one attached hydrogen (secondary N) is 1. The predicted molar refractivity (Wildman–Crippen MR) is 108 cm³/mol. The maximum Gasteiger partial charge on any atom is 0.225 e. The zero-order chi connectivity index (χ0) is 19.1. The Morgan fingerprint density at radius 1 is 1.11 bits per heavy atom. The number of rotatable bonds is 8. The van der Waals surface area contributed by atoms with Gasteiger partial charge in [0.1, 0.15) is 11.6 Å². The number of hydrogen-bond donors (Lipinski definition) is 1. The van der Waals surface area contributed by atoms with Gasteiger partial charge in [0.25, 0.3) is 0 Å². The molecule has 0 unspecified atom stereocenters. The summed E-state index contributed by atoms with van der Waals surface area (Å²) in [6.07, 6.45) is 1.16. The number of aryl methyl sites for hydroxylation is 1. The maximum absolute atomic E-state index is 12.3. The Balaban J connectivity index is 1.62. The van der Waals surface area contributed by atoms with Gasteiger partial charge in [-0.1, -0.05) is 49.0 Å². The molecule has 0 saturated heterocycles. The molecule has 0 radical (unpaired) electrons. The van der Waals surface area contributed by atoms with Crippen LogP contribution in [0.2, 0.25) is 0 Å². The van der Waals surface area contributed by atoms with E-state index in [1.165, 1.54) is 11.8 Å². The SMILES string of the molecule is CCc1nnc(SCCC(=O)Nc2ccccc2OC)n1-c1ccccc1. The normalized spacial score (nSPS) is 10.6. The van der Waals surface area contributed by atoms with Crippen molar-refractivity contribution in [3.63, 3.8) is 0 Å². The second-order valence-corrected chi connectivity index (χ2v) is 6.83. The van der Waals surface area contributed by atoms with E-state index in [0.29, 0.717) is 23.6 Å². The molecule has 3 aromatic rings. The molecule has 1 heterocycles. The molecule has 0 saturated carbocycles. The second kappa shape index (κ2) is 9.23. The molecular weight excluding hydrogens is 360 g/mol. The van der Waals surface area contributed by atoms with Crippen LogP contribution in [0.25, 0.3) is 5.69 Å². The van der Waals surface area contributed by atoms with Crippen LogP contribution in [0, 0.1) is 0 Å². The minimum absolute atomic E-state index is 0.0616. The minimum atomic E-state index is -0.0616. The Morgan fingerprint density at radius 2 is 1.85 bits per heavy atom. The minimum Gasteiger partial charge on any atom is -0.495 e. The third-order valence-electron chi connectivity index (χ3n) is 3.97. The van der Waals surface area contributed by atoms with E-state index in [2.05, 4.69) is 22.4 Å². The average Bonchev–Trinajstić information content (AvgIpc) is 3.12. The zero-order valence-corrected chi connectivity index (χ0v) is 16.2. The lowest BCUT2D eigenvalue weighted by Gasteiger charge is -2.10. The standard InChI is InChI=1S/C20H22N4O2S/c1-3-18-22-23-20(24(18)15-9-5-4-6-10-15)27-14-13-19(25)21-16-11-7-8-12-17(16)26-2/h4-12H,3,13-14H2,1-2H3,(H,21,25). The first kappa shape index (κ1) is 19.0. The quantitative estimate of drug-likeness (QED) is 0.597. The first-order valence-corrected chi connectivity index (χ1v) is 9.77. The van der Waals surface area contributed by atoms with Crippen molar-refractivity contribution in [2.24, 2.45) is 0 Å². The fourth-order valence-electron chi connectivity index (χ4n) is 2.65. The number of thioether (sulfide) groups is 1. The number of anilines is 1. The summed E-state index contributed by atoms with van der Waals surface area (Å²) in [7, 11) is 1.59. The van der Waals surface area contributed by atoms with Crippen LogP contribution in [0.1, 0.15) is 19.2 Å². The fourth-order valence-corrected chi connectivity index (χ4v) is 3.56. The number of benzene rings is 2. The van der Waals surface area contributed by atoms with Crippen molar-refractivity contribution in [2.75, 3.05) is 18.2 Å². The van der Waals surface area contributed by atoms with Crippen molar-refractivity contribution in [3.8, 4) is 11.4 Å². The van der Waals surface area contributed by atoms with Crippen molar-refractivity contribution >= 4 is 23.4 Å². The number of methoxy groups -OCH3 is 1. The smallest absolute Gasteiger partial charge is 0.225 e. The van der Waals surface area contributed by atoms with Crippen LogP contribution in [0.4, 0.5) is 5.69 Å². The molecule has 0 aliphatic carbocycles. The summed E-state index contributed by atoms with van der Waals surface area (Å²) >= 11 is 1.52. The molecule has 7 heteroatoms. The lowest BCUT2D eigenvalue weighted by molar-refractivity contribution is -0.115. The fraction of sp³-hybridized carbons (Fsp3) is 0.250.